The van der Waals surface area contributed by atoms with Crippen LogP contribution < -0.4 is 10.0 Å². The van der Waals surface area contributed by atoms with E-state index >= 15 is 0 Å². The van der Waals surface area contributed by atoms with Gasteiger partial charge in [-0.05, 0) is 43.7 Å². The molecule has 27 heavy (non-hydrogen) atoms. The van der Waals surface area contributed by atoms with E-state index in [1.807, 2.05) is 30.3 Å². The van der Waals surface area contributed by atoms with Gasteiger partial charge < -0.3 is 5.32 Å². The highest BCUT2D eigenvalue weighted by atomic mass is 32.2. The summed E-state index contributed by atoms with van der Waals surface area (Å²) in [6, 6.07) is 16.2. The summed E-state index contributed by atoms with van der Waals surface area (Å²) in [4.78, 5) is 12.4. The summed E-state index contributed by atoms with van der Waals surface area (Å²) in [5, 5.41) is 9.68. The van der Waals surface area contributed by atoms with Gasteiger partial charge in [-0.3, -0.25) is 14.6 Å². The zero-order valence-electron chi connectivity index (χ0n) is 15.0. The predicted molar refractivity (Wildman–Crippen MR) is 106 cm³/mol. The Bertz CT molecular complexity index is 1060. The molecule has 3 aromatic rings. The highest BCUT2D eigenvalue weighted by molar-refractivity contribution is 7.92. The quantitative estimate of drug-likeness (QED) is 0.606. The van der Waals surface area contributed by atoms with Crippen molar-refractivity contribution >= 4 is 27.3 Å². The Kier molecular flexibility index (Phi) is 5.27. The number of carbonyl (C=O) groups is 1. The molecule has 0 spiro atoms. The maximum absolute atomic E-state index is 12.4. The minimum atomic E-state index is -3.35. The van der Waals surface area contributed by atoms with Crippen molar-refractivity contribution in [3.63, 3.8) is 0 Å². The third kappa shape index (κ3) is 4.53. The molecule has 0 saturated carbocycles. The lowest BCUT2D eigenvalue weighted by molar-refractivity contribution is 0.102. The molecule has 140 valence electrons. The van der Waals surface area contributed by atoms with Gasteiger partial charge in [0.05, 0.1) is 17.1 Å². The smallest absolute Gasteiger partial charge is 0.273 e. The summed E-state index contributed by atoms with van der Waals surface area (Å²) in [6.07, 6.45) is 0. The zero-order valence-corrected chi connectivity index (χ0v) is 15.8. The van der Waals surface area contributed by atoms with E-state index < -0.39 is 10.0 Å². The minimum absolute atomic E-state index is 0.00546. The number of aryl methyl sites for hydroxylation is 1. The number of rotatable bonds is 6. The Labute approximate surface area is 157 Å². The number of hydrogen-bond donors (Lipinski definition) is 3. The van der Waals surface area contributed by atoms with E-state index in [4.69, 9.17) is 0 Å². The van der Waals surface area contributed by atoms with E-state index in [1.54, 1.807) is 38.1 Å². The van der Waals surface area contributed by atoms with Crippen molar-refractivity contribution in [1.82, 2.24) is 10.2 Å². The number of benzene rings is 2. The van der Waals surface area contributed by atoms with Gasteiger partial charge in [-0.25, -0.2) is 8.42 Å². The number of anilines is 2. The van der Waals surface area contributed by atoms with Gasteiger partial charge in [0.25, 0.3) is 5.91 Å². The van der Waals surface area contributed by atoms with Crippen LogP contribution in [0.4, 0.5) is 11.4 Å². The van der Waals surface area contributed by atoms with E-state index in [1.165, 1.54) is 0 Å². The van der Waals surface area contributed by atoms with Crippen LogP contribution in [0.15, 0.2) is 54.6 Å². The van der Waals surface area contributed by atoms with E-state index in [9.17, 15) is 13.2 Å². The summed E-state index contributed by atoms with van der Waals surface area (Å²) >= 11 is 0. The van der Waals surface area contributed by atoms with Gasteiger partial charge in [0.15, 0.2) is 0 Å². The van der Waals surface area contributed by atoms with Crippen LogP contribution in [-0.4, -0.2) is 30.3 Å². The van der Waals surface area contributed by atoms with Gasteiger partial charge >= 0.3 is 0 Å². The van der Waals surface area contributed by atoms with Crippen molar-refractivity contribution in [3.05, 3.63) is 65.9 Å². The minimum Gasteiger partial charge on any atom is -0.321 e. The molecule has 8 heteroatoms. The van der Waals surface area contributed by atoms with Crippen molar-refractivity contribution in [2.45, 2.75) is 13.8 Å². The molecular weight excluding hydrogens is 364 g/mol. The maximum atomic E-state index is 12.4. The first-order valence-corrected chi connectivity index (χ1v) is 10.1. The van der Waals surface area contributed by atoms with Crippen LogP contribution in [-0.2, 0) is 10.0 Å². The lowest BCUT2D eigenvalue weighted by atomic mass is 10.1. The molecule has 1 heterocycles. The molecule has 1 amide bonds. The van der Waals surface area contributed by atoms with Crippen molar-refractivity contribution < 1.29 is 13.2 Å². The van der Waals surface area contributed by atoms with Crippen molar-refractivity contribution in [3.8, 4) is 11.3 Å². The first-order chi connectivity index (χ1) is 12.9. The highest BCUT2D eigenvalue weighted by Crippen LogP contribution is 2.22. The summed E-state index contributed by atoms with van der Waals surface area (Å²) in [6.45, 7) is 3.34. The zero-order chi connectivity index (χ0) is 19.4. The Morgan fingerprint density at radius 3 is 2.52 bits per heavy atom. The molecule has 0 fully saturated rings. The fraction of sp³-hybridized carbons (Fsp3) is 0.158. The predicted octanol–water partition coefficient (Wildman–Crippen LogP) is 3.40. The molecule has 7 nitrogen and oxygen atoms in total. The maximum Gasteiger partial charge on any atom is 0.273 e. The van der Waals surface area contributed by atoms with Crippen molar-refractivity contribution in [2.24, 2.45) is 0 Å². The fourth-order valence-electron chi connectivity index (χ4n) is 2.49. The van der Waals surface area contributed by atoms with Crippen LogP contribution in [0.25, 0.3) is 11.3 Å². The summed E-state index contributed by atoms with van der Waals surface area (Å²) in [5.41, 5.74) is 3.69. The molecular formula is C19H20N4O3S. The van der Waals surface area contributed by atoms with Crippen LogP contribution in [0.2, 0.25) is 0 Å². The second kappa shape index (κ2) is 7.63. The van der Waals surface area contributed by atoms with Crippen LogP contribution in [0.5, 0.6) is 0 Å². The summed E-state index contributed by atoms with van der Waals surface area (Å²) in [7, 11) is -3.35. The number of aromatic amines is 1. The van der Waals surface area contributed by atoms with Crippen LogP contribution >= 0.6 is 0 Å². The van der Waals surface area contributed by atoms with Crippen molar-refractivity contribution in [2.75, 3.05) is 15.8 Å². The molecule has 3 rings (SSSR count). The van der Waals surface area contributed by atoms with Gasteiger partial charge in [0, 0.05) is 11.3 Å². The largest absolute Gasteiger partial charge is 0.321 e. The number of amides is 1. The number of hydrogen-bond acceptors (Lipinski definition) is 4. The third-order valence-electron chi connectivity index (χ3n) is 4.02. The number of H-pyrrole nitrogens is 1. The molecule has 0 saturated heterocycles. The van der Waals surface area contributed by atoms with Gasteiger partial charge in [0.1, 0.15) is 5.69 Å². The molecule has 0 bridgehead atoms. The average molecular weight is 384 g/mol. The standard InChI is InChI=1S/C19H20N4O3S/c1-3-27(25,26)23-16-10-9-15(11-13(16)2)20-19(24)18-12-17(21-22-18)14-7-5-4-6-8-14/h4-12,23H,3H2,1-2H3,(H,20,24)(H,21,22). The van der Waals surface area contributed by atoms with Gasteiger partial charge in [-0.1, -0.05) is 30.3 Å². The number of nitrogens with one attached hydrogen (secondary N) is 3. The molecule has 0 aliphatic rings. The van der Waals surface area contributed by atoms with Crippen molar-refractivity contribution in [1.29, 1.82) is 0 Å². The highest BCUT2D eigenvalue weighted by Gasteiger charge is 2.13. The lowest BCUT2D eigenvalue weighted by Gasteiger charge is -2.11. The van der Waals surface area contributed by atoms with Crippen LogP contribution in [0.3, 0.4) is 0 Å². The Morgan fingerprint density at radius 1 is 1.11 bits per heavy atom. The monoisotopic (exact) mass is 384 g/mol. The van der Waals surface area contributed by atoms with Gasteiger partial charge in [-0.15, -0.1) is 0 Å². The molecule has 3 N–H and O–H groups in total. The average Bonchev–Trinajstić information content (AvgIpc) is 3.15. The second-order valence-corrected chi connectivity index (χ2v) is 8.03. The molecule has 0 radical (unpaired) electrons. The second-order valence-electron chi connectivity index (χ2n) is 6.02. The first-order valence-electron chi connectivity index (χ1n) is 8.41. The molecule has 0 aliphatic carbocycles. The Hall–Kier alpha value is -3.13. The number of nitrogens with zero attached hydrogens (tertiary/aromatic N) is 1. The van der Waals surface area contributed by atoms with E-state index in [2.05, 4.69) is 20.2 Å². The number of sulfonamides is 1. The Balaban J connectivity index is 1.73. The molecule has 0 unspecified atom stereocenters. The van der Waals surface area contributed by atoms with E-state index in [0.717, 1.165) is 5.56 Å². The topological polar surface area (TPSA) is 104 Å². The van der Waals surface area contributed by atoms with Gasteiger partial charge in [0.2, 0.25) is 10.0 Å². The first kappa shape index (κ1) is 18.7. The van der Waals surface area contributed by atoms with Crippen LogP contribution in [0, 0.1) is 6.92 Å². The number of aromatic nitrogens is 2. The van der Waals surface area contributed by atoms with Crippen LogP contribution in [0.1, 0.15) is 23.0 Å². The van der Waals surface area contributed by atoms with E-state index in [-0.39, 0.29) is 11.7 Å². The molecule has 0 atom stereocenters. The Morgan fingerprint density at radius 2 is 1.85 bits per heavy atom. The van der Waals surface area contributed by atoms with Gasteiger partial charge in [-0.2, -0.15) is 5.10 Å². The summed E-state index contributed by atoms with van der Waals surface area (Å²) in [5.74, 6) is -0.333. The molecule has 0 aliphatic heterocycles. The molecule has 2 aromatic carbocycles. The number of carbonyl (C=O) groups excluding carboxylic acids is 1. The fourth-order valence-corrected chi connectivity index (χ4v) is 3.20. The van der Waals surface area contributed by atoms with E-state index in [0.29, 0.717) is 28.3 Å². The molecule has 1 aromatic heterocycles. The SMILES string of the molecule is CCS(=O)(=O)Nc1ccc(NC(=O)c2cc(-c3ccccc3)n[nH]2)cc1C. The lowest BCUT2D eigenvalue weighted by Crippen LogP contribution is -2.16. The normalized spacial score (nSPS) is 11.2. The summed E-state index contributed by atoms with van der Waals surface area (Å²) < 4.78 is 25.9. The third-order valence-corrected chi connectivity index (χ3v) is 5.31.